The first kappa shape index (κ1) is 10.8. The monoisotopic (exact) mass is 239 g/mol. The van der Waals surface area contributed by atoms with Crippen molar-refractivity contribution in [1.82, 2.24) is 0 Å². The highest BCUT2D eigenvalue weighted by Gasteiger charge is 2.50. The van der Waals surface area contributed by atoms with Gasteiger partial charge in [-0.25, -0.2) is 0 Å². The van der Waals surface area contributed by atoms with Crippen LogP contribution >= 0.6 is 0 Å². The fourth-order valence-electron chi connectivity index (χ4n) is 2.80. The van der Waals surface area contributed by atoms with Crippen LogP contribution in [0.5, 0.6) is 0 Å². The largest absolute Gasteiger partial charge is 0.416 e. The molecule has 17 heavy (non-hydrogen) atoms. The van der Waals surface area contributed by atoms with Gasteiger partial charge in [0.15, 0.2) is 0 Å². The first-order valence-corrected chi connectivity index (χ1v) is 5.59. The van der Waals surface area contributed by atoms with Gasteiger partial charge >= 0.3 is 6.18 Å². The van der Waals surface area contributed by atoms with E-state index in [0.29, 0.717) is 11.8 Å². The summed E-state index contributed by atoms with van der Waals surface area (Å²) in [6, 6.07) is 5.43. The number of hydrogen-bond donors (Lipinski definition) is 1. The lowest BCUT2D eigenvalue weighted by molar-refractivity contribution is -0.137. The second-order valence-electron chi connectivity index (χ2n) is 4.76. The Morgan fingerprint density at radius 1 is 0.941 bits per heavy atom. The zero-order chi connectivity index (χ0) is 12.2. The van der Waals surface area contributed by atoms with Gasteiger partial charge in [-0.1, -0.05) is 24.3 Å². The summed E-state index contributed by atoms with van der Waals surface area (Å²) in [5.41, 5.74) is 6.30. The second kappa shape index (κ2) is 3.35. The van der Waals surface area contributed by atoms with Crippen molar-refractivity contribution < 1.29 is 13.2 Å². The molecule has 1 aromatic carbocycles. The average molecular weight is 239 g/mol. The van der Waals surface area contributed by atoms with Crippen LogP contribution in [0, 0.1) is 11.8 Å². The standard InChI is InChI=1S/C13H12F3N/c14-13(15,16)8-3-1-7(2-4-8)11-9-5-6-10(9)12(11)17/h1-6,9-12H,17H2/t9?,10?,11?,12-/m1/s1. The molecule has 0 saturated heterocycles. The molecule has 0 heterocycles. The summed E-state index contributed by atoms with van der Waals surface area (Å²) in [7, 11) is 0. The molecule has 0 bridgehead atoms. The van der Waals surface area contributed by atoms with E-state index in [1.807, 2.05) is 0 Å². The van der Waals surface area contributed by atoms with Crippen LogP contribution in [0.15, 0.2) is 36.4 Å². The van der Waals surface area contributed by atoms with Crippen LogP contribution in [0.25, 0.3) is 0 Å². The number of hydrogen-bond acceptors (Lipinski definition) is 1. The topological polar surface area (TPSA) is 26.0 Å². The van der Waals surface area contributed by atoms with Gasteiger partial charge in [0, 0.05) is 12.0 Å². The number of halogens is 3. The van der Waals surface area contributed by atoms with Gasteiger partial charge in [0.2, 0.25) is 0 Å². The molecule has 0 aromatic heterocycles. The van der Waals surface area contributed by atoms with Crippen molar-refractivity contribution in [3.8, 4) is 0 Å². The van der Waals surface area contributed by atoms with Crippen LogP contribution < -0.4 is 5.73 Å². The molecule has 2 aliphatic rings. The van der Waals surface area contributed by atoms with Crippen molar-refractivity contribution in [3.63, 3.8) is 0 Å². The van der Waals surface area contributed by atoms with Crippen molar-refractivity contribution in [1.29, 1.82) is 0 Å². The molecule has 1 saturated carbocycles. The SMILES string of the molecule is N[C@@H]1C2C=CC2C1c1ccc(C(F)(F)F)cc1. The third-order valence-electron chi connectivity index (χ3n) is 3.90. The first-order valence-electron chi connectivity index (χ1n) is 5.59. The smallest absolute Gasteiger partial charge is 0.327 e. The van der Waals surface area contributed by atoms with Crippen LogP contribution in [0.2, 0.25) is 0 Å². The molecule has 1 fully saturated rings. The lowest BCUT2D eigenvalue weighted by atomic mass is 9.53. The maximum Gasteiger partial charge on any atom is 0.416 e. The Morgan fingerprint density at radius 3 is 1.94 bits per heavy atom. The molecule has 1 nitrogen and oxygen atoms in total. The molecule has 1 aromatic rings. The minimum Gasteiger partial charge on any atom is -0.327 e. The van der Waals surface area contributed by atoms with Crippen LogP contribution in [0.4, 0.5) is 13.2 Å². The third kappa shape index (κ3) is 1.51. The molecule has 3 unspecified atom stereocenters. The maximum atomic E-state index is 12.4. The lowest BCUT2D eigenvalue weighted by Gasteiger charge is -2.53. The lowest BCUT2D eigenvalue weighted by Crippen LogP contribution is -2.56. The predicted molar refractivity (Wildman–Crippen MR) is 58.3 cm³/mol. The summed E-state index contributed by atoms with van der Waals surface area (Å²) < 4.78 is 37.2. The molecule has 0 amide bonds. The minimum atomic E-state index is -4.26. The zero-order valence-electron chi connectivity index (χ0n) is 8.98. The predicted octanol–water partition coefficient (Wildman–Crippen LogP) is 2.93. The van der Waals surface area contributed by atoms with E-state index in [4.69, 9.17) is 5.73 Å². The van der Waals surface area contributed by atoms with E-state index in [9.17, 15) is 13.2 Å². The fraction of sp³-hybridized carbons (Fsp3) is 0.385. The van der Waals surface area contributed by atoms with Gasteiger partial charge in [-0.3, -0.25) is 0 Å². The highest BCUT2D eigenvalue weighted by molar-refractivity contribution is 5.37. The summed E-state index contributed by atoms with van der Waals surface area (Å²) in [5, 5.41) is 0. The molecule has 2 N–H and O–H groups in total. The van der Waals surface area contributed by atoms with Crippen molar-refractivity contribution in [2.45, 2.75) is 18.1 Å². The van der Waals surface area contributed by atoms with Crippen LogP contribution in [-0.4, -0.2) is 6.04 Å². The summed E-state index contributed by atoms with van der Waals surface area (Å²) in [6.45, 7) is 0. The molecule has 4 atom stereocenters. The van der Waals surface area contributed by atoms with Gasteiger partial charge in [0.25, 0.3) is 0 Å². The van der Waals surface area contributed by atoms with Crippen molar-refractivity contribution in [2.75, 3.05) is 0 Å². The Hall–Kier alpha value is -1.29. The van der Waals surface area contributed by atoms with E-state index in [1.54, 1.807) is 12.1 Å². The molecule has 3 rings (SSSR count). The summed E-state index contributed by atoms with van der Waals surface area (Å²) in [5.74, 6) is 1.05. The molecular weight excluding hydrogens is 227 g/mol. The number of fused-ring (bicyclic) bond motifs is 1. The highest BCUT2D eigenvalue weighted by atomic mass is 19.4. The Balaban J connectivity index is 1.84. The molecule has 0 spiro atoms. The molecule has 2 aliphatic carbocycles. The molecule has 0 radical (unpaired) electrons. The van der Waals surface area contributed by atoms with E-state index >= 15 is 0 Å². The number of nitrogens with two attached hydrogens (primary N) is 1. The number of allylic oxidation sites excluding steroid dienone is 1. The maximum absolute atomic E-state index is 12.4. The van der Waals surface area contributed by atoms with Gasteiger partial charge in [-0.05, 0) is 29.5 Å². The van der Waals surface area contributed by atoms with Gasteiger partial charge in [0.05, 0.1) is 5.56 Å². The molecule has 4 heteroatoms. The first-order chi connectivity index (χ1) is 7.98. The number of benzene rings is 1. The van der Waals surface area contributed by atoms with Gasteiger partial charge < -0.3 is 5.73 Å². The average Bonchev–Trinajstić information content (AvgIpc) is 2.23. The number of rotatable bonds is 1. The van der Waals surface area contributed by atoms with E-state index < -0.39 is 11.7 Å². The number of alkyl halides is 3. The molecule has 0 aliphatic heterocycles. The van der Waals surface area contributed by atoms with Gasteiger partial charge in [-0.2, -0.15) is 13.2 Å². The quantitative estimate of drug-likeness (QED) is 0.749. The fourth-order valence-corrected chi connectivity index (χ4v) is 2.80. The van der Waals surface area contributed by atoms with E-state index in [0.717, 1.165) is 17.7 Å². The minimum absolute atomic E-state index is 0.0572. The third-order valence-corrected chi connectivity index (χ3v) is 3.90. The van der Waals surface area contributed by atoms with Gasteiger partial charge in [-0.15, -0.1) is 0 Å². The van der Waals surface area contributed by atoms with E-state index in [2.05, 4.69) is 12.2 Å². The second-order valence-corrected chi connectivity index (χ2v) is 4.76. The molecular formula is C13H12F3N. The summed E-state index contributed by atoms with van der Waals surface area (Å²) >= 11 is 0. The van der Waals surface area contributed by atoms with Crippen molar-refractivity contribution in [2.24, 2.45) is 17.6 Å². The van der Waals surface area contributed by atoms with Crippen molar-refractivity contribution in [3.05, 3.63) is 47.5 Å². The van der Waals surface area contributed by atoms with E-state index in [-0.39, 0.29) is 12.0 Å². The Bertz CT molecular complexity index is 461. The Kier molecular flexibility index (Phi) is 2.14. The van der Waals surface area contributed by atoms with Crippen LogP contribution in [-0.2, 0) is 6.18 Å². The highest BCUT2D eigenvalue weighted by Crippen LogP contribution is 2.53. The Morgan fingerprint density at radius 2 is 1.53 bits per heavy atom. The zero-order valence-corrected chi connectivity index (χ0v) is 8.98. The summed E-state index contributed by atoms with van der Waals surface area (Å²) in [4.78, 5) is 0. The van der Waals surface area contributed by atoms with E-state index in [1.165, 1.54) is 0 Å². The normalized spacial score (nSPS) is 34.8. The molecule has 90 valence electrons. The van der Waals surface area contributed by atoms with Crippen LogP contribution in [0.1, 0.15) is 17.0 Å². The van der Waals surface area contributed by atoms with Crippen molar-refractivity contribution >= 4 is 0 Å². The summed E-state index contributed by atoms with van der Waals surface area (Å²) in [6.07, 6.45) is -0.0918. The van der Waals surface area contributed by atoms with Gasteiger partial charge in [0.1, 0.15) is 0 Å². The van der Waals surface area contributed by atoms with Crippen LogP contribution in [0.3, 0.4) is 0 Å². The Labute approximate surface area is 97.1 Å².